The van der Waals surface area contributed by atoms with Crippen LogP contribution >= 0.6 is 0 Å². The molecule has 0 aliphatic heterocycles. The quantitative estimate of drug-likeness (QED) is 0.624. The number of nitrogens with zero attached hydrogens (tertiary/aromatic N) is 1. The van der Waals surface area contributed by atoms with Crippen molar-refractivity contribution in [2.45, 2.75) is 6.92 Å². The number of hydrogen-bond donors (Lipinski definition) is 3. The highest BCUT2D eigenvalue weighted by Crippen LogP contribution is 2.26. The summed E-state index contributed by atoms with van der Waals surface area (Å²) < 4.78 is 39.3. The molecule has 0 radical (unpaired) electrons. The summed E-state index contributed by atoms with van der Waals surface area (Å²) in [6.07, 6.45) is 2.35. The van der Waals surface area contributed by atoms with Crippen molar-refractivity contribution in [3.63, 3.8) is 0 Å². The van der Waals surface area contributed by atoms with Crippen molar-refractivity contribution in [1.82, 2.24) is 10.2 Å². The molecule has 0 saturated carbocycles. The average Bonchev–Trinajstić information content (AvgIpc) is 3.06. The minimum absolute atomic E-state index is 0.165. The van der Waals surface area contributed by atoms with Gasteiger partial charge in [0.2, 0.25) is 10.0 Å². The molecule has 3 aromatic rings. The SMILES string of the molecule is Cc1ccc(NC(=O)c2cn[nH]c2-c2ccccc2F)cc1NS(C)(=O)=O. The van der Waals surface area contributed by atoms with Gasteiger partial charge in [0.25, 0.3) is 5.91 Å². The van der Waals surface area contributed by atoms with Gasteiger partial charge in [0.15, 0.2) is 0 Å². The molecule has 0 atom stereocenters. The third kappa shape index (κ3) is 4.32. The first-order valence-electron chi connectivity index (χ1n) is 7.92. The molecular formula is C18H17FN4O3S. The number of aromatic nitrogens is 2. The van der Waals surface area contributed by atoms with Gasteiger partial charge in [-0.3, -0.25) is 14.6 Å². The molecule has 1 aromatic heterocycles. The number of nitrogens with one attached hydrogen (secondary N) is 3. The van der Waals surface area contributed by atoms with Gasteiger partial charge in [-0.1, -0.05) is 18.2 Å². The maximum Gasteiger partial charge on any atom is 0.259 e. The Balaban J connectivity index is 1.89. The first-order chi connectivity index (χ1) is 12.7. The van der Waals surface area contributed by atoms with Crippen LogP contribution < -0.4 is 10.0 Å². The van der Waals surface area contributed by atoms with Gasteiger partial charge < -0.3 is 5.32 Å². The number of aromatic amines is 1. The number of H-pyrrole nitrogens is 1. The molecule has 3 rings (SSSR count). The smallest absolute Gasteiger partial charge is 0.259 e. The van der Waals surface area contributed by atoms with Crippen LogP contribution in [0.4, 0.5) is 15.8 Å². The predicted octanol–water partition coefficient (Wildman–Crippen LogP) is 3.15. The third-order valence-corrected chi connectivity index (χ3v) is 4.41. The highest BCUT2D eigenvalue weighted by molar-refractivity contribution is 7.92. The van der Waals surface area contributed by atoms with E-state index in [0.717, 1.165) is 6.26 Å². The zero-order valence-corrected chi connectivity index (χ0v) is 15.4. The standard InChI is InChI=1S/C18H17FN4O3S/c1-11-7-8-12(9-16(11)23-27(2,25)26)21-18(24)14-10-20-22-17(14)13-5-3-4-6-15(13)19/h3-10,23H,1-2H3,(H,20,22)(H,21,24). The normalized spacial score (nSPS) is 11.2. The molecule has 3 N–H and O–H groups in total. The van der Waals surface area contributed by atoms with E-state index in [-0.39, 0.29) is 16.8 Å². The summed E-state index contributed by atoms with van der Waals surface area (Å²) in [6.45, 7) is 1.74. The molecule has 1 amide bonds. The van der Waals surface area contributed by atoms with Crippen molar-refractivity contribution in [1.29, 1.82) is 0 Å². The van der Waals surface area contributed by atoms with Gasteiger partial charge in [-0.2, -0.15) is 5.10 Å². The maximum absolute atomic E-state index is 14.0. The highest BCUT2D eigenvalue weighted by Gasteiger charge is 2.18. The number of sulfonamides is 1. The van der Waals surface area contributed by atoms with E-state index in [9.17, 15) is 17.6 Å². The van der Waals surface area contributed by atoms with Crippen LogP contribution in [0.25, 0.3) is 11.3 Å². The van der Waals surface area contributed by atoms with E-state index in [4.69, 9.17) is 0 Å². The molecule has 0 aliphatic rings. The third-order valence-electron chi connectivity index (χ3n) is 3.82. The summed E-state index contributed by atoms with van der Waals surface area (Å²) in [4.78, 5) is 12.6. The second-order valence-electron chi connectivity index (χ2n) is 6.00. The van der Waals surface area contributed by atoms with E-state index in [1.54, 1.807) is 37.3 Å². The molecule has 0 aliphatic carbocycles. The Kier molecular flexibility index (Phi) is 4.95. The van der Waals surface area contributed by atoms with Crippen LogP contribution in [-0.4, -0.2) is 30.8 Å². The van der Waals surface area contributed by atoms with E-state index in [1.807, 2.05) is 0 Å². The maximum atomic E-state index is 14.0. The number of amides is 1. The Bertz CT molecular complexity index is 1110. The lowest BCUT2D eigenvalue weighted by Crippen LogP contribution is -2.14. The predicted molar refractivity (Wildman–Crippen MR) is 102 cm³/mol. The summed E-state index contributed by atoms with van der Waals surface area (Å²) in [6, 6.07) is 10.9. The van der Waals surface area contributed by atoms with Crippen molar-refractivity contribution in [3.05, 3.63) is 65.6 Å². The molecule has 7 nitrogen and oxygen atoms in total. The summed E-state index contributed by atoms with van der Waals surface area (Å²) in [5.41, 5.74) is 2.09. The van der Waals surface area contributed by atoms with Gasteiger partial charge in [-0.25, -0.2) is 12.8 Å². The molecule has 9 heteroatoms. The molecule has 1 heterocycles. The summed E-state index contributed by atoms with van der Waals surface area (Å²) in [5.74, 6) is -0.984. The Hall–Kier alpha value is -3.20. The number of carbonyl (C=O) groups is 1. The molecule has 0 fully saturated rings. The molecule has 0 unspecified atom stereocenters. The summed E-state index contributed by atoms with van der Waals surface area (Å²) in [7, 11) is -3.45. The van der Waals surface area contributed by atoms with Crippen molar-refractivity contribution in [2.24, 2.45) is 0 Å². The zero-order chi connectivity index (χ0) is 19.6. The van der Waals surface area contributed by atoms with E-state index < -0.39 is 21.7 Å². The number of rotatable bonds is 5. The Labute approximate surface area is 155 Å². The number of aryl methyl sites for hydroxylation is 1. The van der Waals surface area contributed by atoms with Crippen molar-refractivity contribution in [3.8, 4) is 11.3 Å². The van der Waals surface area contributed by atoms with E-state index in [2.05, 4.69) is 20.2 Å². The van der Waals surface area contributed by atoms with Crippen LogP contribution in [0.2, 0.25) is 0 Å². The molecule has 0 saturated heterocycles. The topological polar surface area (TPSA) is 104 Å². The van der Waals surface area contributed by atoms with Gasteiger partial charge in [0.1, 0.15) is 5.82 Å². The van der Waals surface area contributed by atoms with Crippen LogP contribution in [0.15, 0.2) is 48.7 Å². The Morgan fingerprint density at radius 3 is 2.63 bits per heavy atom. The average molecular weight is 388 g/mol. The fourth-order valence-electron chi connectivity index (χ4n) is 2.54. The zero-order valence-electron chi connectivity index (χ0n) is 14.6. The number of halogens is 1. The fourth-order valence-corrected chi connectivity index (χ4v) is 3.15. The molecule has 2 aromatic carbocycles. The Morgan fingerprint density at radius 2 is 1.93 bits per heavy atom. The largest absolute Gasteiger partial charge is 0.322 e. The van der Waals surface area contributed by atoms with Crippen LogP contribution in [0.3, 0.4) is 0 Å². The Morgan fingerprint density at radius 1 is 1.19 bits per heavy atom. The molecule has 27 heavy (non-hydrogen) atoms. The molecule has 0 spiro atoms. The number of carbonyl (C=O) groups excluding carboxylic acids is 1. The van der Waals surface area contributed by atoms with Crippen molar-refractivity contribution in [2.75, 3.05) is 16.3 Å². The second kappa shape index (κ2) is 7.20. The monoisotopic (exact) mass is 388 g/mol. The molecule has 140 valence electrons. The van der Waals surface area contributed by atoms with E-state index in [1.165, 1.54) is 18.3 Å². The van der Waals surface area contributed by atoms with Gasteiger partial charge in [-0.15, -0.1) is 0 Å². The van der Waals surface area contributed by atoms with Gasteiger partial charge in [0, 0.05) is 11.3 Å². The van der Waals surface area contributed by atoms with Crippen LogP contribution in [-0.2, 0) is 10.0 Å². The number of hydrogen-bond acceptors (Lipinski definition) is 4. The first-order valence-corrected chi connectivity index (χ1v) is 9.82. The van der Waals surface area contributed by atoms with E-state index >= 15 is 0 Å². The van der Waals surface area contributed by atoms with Crippen LogP contribution in [0.1, 0.15) is 15.9 Å². The lowest BCUT2D eigenvalue weighted by molar-refractivity contribution is 0.102. The number of benzene rings is 2. The van der Waals surface area contributed by atoms with E-state index in [0.29, 0.717) is 16.9 Å². The highest BCUT2D eigenvalue weighted by atomic mass is 32.2. The lowest BCUT2D eigenvalue weighted by atomic mass is 10.1. The minimum Gasteiger partial charge on any atom is -0.322 e. The second-order valence-corrected chi connectivity index (χ2v) is 7.75. The minimum atomic E-state index is -3.45. The van der Waals surface area contributed by atoms with Gasteiger partial charge in [-0.05, 0) is 36.8 Å². The van der Waals surface area contributed by atoms with Crippen molar-refractivity contribution < 1.29 is 17.6 Å². The van der Waals surface area contributed by atoms with Gasteiger partial charge >= 0.3 is 0 Å². The van der Waals surface area contributed by atoms with Crippen LogP contribution in [0, 0.1) is 12.7 Å². The van der Waals surface area contributed by atoms with Crippen LogP contribution in [0.5, 0.6) is 0 Å². The fraction of sp³-hybridized carbons (Fsp3) is 0.111. The summed E-state index contributed by atoms with van der Waals surface area (Å²) in [5, 5.41) is 9.15. The summed E-state index contributed by atoms with van der Waals surface area (Å²) >= 11 is 0. The number of anilines is 2. The van der Waals surface area contributed by atoms with Crippen molar-refractivity contribution >= 4 is 27.3 Å². The first kappa shape index (κ1) is 18.6. The van der Waals surface area contributed by atoms with Gasteiger partial charge in [0.05, 0.1) is 29.4 Å². The molecular weight excluding hydrogens is 371 g/mol. The molecule has 0 bridgehead atoms. The lowest BCUT2D eigenvalue weighted by Gasteiger charge is -2.11.